The van der Waals surface area contributed by atoms with Crippen molar-refractivity contribution in [1.29, 1.82) is 0 Å². The van der Waals surface area contributed by atoms with Gasteiger partial charge in [0.2, 0.25) is 20.0 Å². The van der Waals surface area contributed by atoms with Crippen molar-refractivity contribution in [3.63, 3.8) is 0 Å². The SMILES string of the molecule is CCCCCCCCCCCCN(Cc1c(C)cc(C(C)(C)C)c(O)c1C)S(=O)(=O)c1ccccc1S(=O)(=O)N(CCCCCCCCCCCC)Cc1c(C)cc(C(C)(C)C)c(O)c1C. The van der Waals surface area contributed by atoms with Crippen LogP contribution in [0.15, 0.2) is 46.2 Å². The van der Waals surface area contributed by atoms with E-state index in [-0.39, 0.29) is 58.3 Å². The summed E-state index contributed by atoms with van der Waals surface area (Å²) in [5.41, 5.74) is 5.45. The topological polar surface area (TPSA) is 115 Å². The van der Waals surface area contributed by atoms with Crippen molar-refractivity contribution in [2.45, 2.75) is 245 Å². The van der Waals surface area contributed by atoms with Crippen LogP contribution in [0, 0.1) is 27.7 Å². The zero-order chi connectivity index (χ0) is 49.3. The molecule has 0 aliphatic carbocycles. The smallest absolute Gasteiger partial charge is 0.244 e. The van der Waals surface area contributed by atoms with Gasteiger partial charge in [-0.1, -0.05) is 195 Å². The van der Waals surface area contributed by atoms with Gasteiger partial charge >= 0.3 is 0 Å². The van der Waals surface area contributed by atoms with E-state index in [1.165, 1.54) is 97.8 Å². The first-order chi connectivity index (χ1) is 31.0. The largest absolute Gasteiger partial charge is 0.507 e. The minimum Gasteiger partial charge on any atom is -0.507 e. The van der Waals surface area contributed by atoms with Gasteiger partial charge in [0, 0.05) is 26.2 Å². The number of aromatic hydroxyl groups is 2. The molecule has 3 aromatic carbocycles. The number of unbranched alkanes of at least 4 members (excludes halogenated alkanes) is 18. The second kappa shape index (κ2) is 26.7. The van der Waals surface area contributed by atoms with Crippen LogP contribution in [0.1, 0.15) is 228 Å². The number of benzene rings is 3. The van der Waals surface area contributed by atoms with Gasteiger partial charge in [-0.2, -0.15) is 8.61 Å². The second-order valence-electron chi connectivity index (χ2n) is 21.4. The van der Waals surface area contributed by atoms with E-state index in [1.807, 2.05) is 81.4 Å². The number of rotatable bonds is 30. The molecule has 8 nitrogen and oxygen atoms in total. The predicted octanol–water partition coefficient (Wildman–Crippen LogP) is 15.2. The fourth-order valence-electron chi connectivity index (χ4n) is 9.28. The summed E-state index contributed by atoms with van der Waals surface area (Å²) in [5.74, 6) is 0.328. The highest BCUT2D eigenvalue weighted by Gasteiger charge is 2.36. The molecule has 0 amide bonds. The summed E-state index contributed by atoms with van der Waals surface area (Å²) in [6.45, 7) is 24.8. The van der Waals surface area contributed by atoms with Crippen molar-refractivity contribution in [3.8, 4) is 11.5 Å². The van der Waals surface area contributed by atoms with E-state index in [0.29, 0.717) is 24.0 Å². The predicted molar refractivity (Wildman–Crippen MR) is 278 cm³/mol. The molecule has 0 bridgehead atoms. The zero-order valence-electron chi connectivity index (χ0n) is 43.7. The lowest BCUT2D eigenvalue weighted by atomic mass is 9.82. The van der Waals surface area contributed by atoms with Crippen LogP contribution in [-0.4, -0.2) is 48.7 Å². The van der Waals surface area contributed by atoms with E-state index in [9.17, 15) is 10.2 Å². The van der Waals surface area contributed by atoms with Crippen LogP contribution >= 0.6 is 0 Å². The molecule has 0 saturated heterocycles. The molecule has 3 rings (SSSR count). The van der Waals surface area contributed by atoms with Crippen molar-refractivity contribution in [1.82, 2.24) is 8.61 Å². The third kappa shape index (κ3) is 16.4. The van der Waals surface area contributed by atoms with Crippen molar-refractivity contribution >= 4 is 20.0 Å². The van der Waals surface area contributed by atoms with Crippen LogP contribution in [0.25, 0.3) is 0 Å². The van der Waals surface area contributed by atoms with Gasteiger partial charge in [0.15, 0.2) is 0 Å². The Balaban J connectivity index is 2.06. The Bertz CT molecular complexity index is 2030. The molecule has 0 heterocycles. The van der Waals surface area contributed by atoms with Crippen molar-refractivity contribution < 1.29 is 27.0 Å². The number of phenols is 2. The minimum absolute atomic E-state index is 0.00387. The Hall–Kier alpha value is -2.92. The number of nitrogens with zero attached hydrogens (tertiary/aromatic N) is 2. The van der Waals surface area contributed by atoms with Crippen LogP contribution in [0.2, 0.25) is 0 Å². The molecule has 66 heavy (non-hydrogen) atoms. The van der Waals surface area contributed by atoms with E-state index >= 15 is 16.8 Å². The molecule has 0 saturated carbocycles. The average molecular weight is 953 g/mol. The molecule has 0 aromatic heterocycles. The molecule has 3 aromatic rings. The lowest BCUT2D eigenvalue weighted by Crippen LogP contribution is -2.36. The summed E-state index contributed by atoms with van der Waals surface area (Å²) in [6.07, 6.45) is 22.0. The summed E-state index contributed by atoms with van der Waals surface area (Å²) < 4.78 is 64.0. The van der Waals surface area contributed by atoms with Crippen LogP contribution in [0.4, 0.5) is 0 Å². The van der Waals surface area contributed by atoms with Crippen LogP contribution in [0.5, 0.6) is 11.5 Å². The first-order valence-electron chi connectivity index (χ1n) is 25.8. The van der Waals surface area contributed by atoms with Crippen molar-refractivity contribution in [3.05, 3.63) is 80.9 Å². The second-order valence-corrected chi connectivity index (χ2v) is 25.2. The molecule has 0 atom stereocenters. The summed E-state index contributed by atoms with van der Waals surface area (Å²) in [4.78, 5) is -0.481. The number of aryl methyl sites for hydroxylation is 2. The monoisotopic (exact) mass is 953 g/mol. The van der Waals surface area contributed by atoms with Gasteiger partial charge in [0.1, 0.15) is 21.3 Å². The maximum absolute atomic E-state index is 15.3. The lowest BCUT2D eigenvalue weighted by molar-refractivity contribution is 0.380. The zero-order valence-corrected chi connectivity index (χ0v) is 45.3. The quantitative estimate of drug-likeness (QED) is 0.0643. The third-order valence-electron chi connectivity index (χ3n) is 13.7. The van der Waals surface area contributed by atoms with Gasteiger partial charge < -0.3 is 10.2 Å². The Kier molecular flexibility index (Phi) is 23.2. The number of sulfonamides is 2. The van der Waals surface area contributed by atoms with Crippen LogP contribution in [-0.2, 0) is 44.0 Å². The fraction of sp³-hybridized carbons (Fsp3) is 0.679. The Morgan fingerprint density at radius 3 is 1.00 bits per heavy atom. The van der Waals surface area contributed by atoms with Crippen LogP contribution in [0.3, 0.4) is 0 Å². The molecule has 0 radical (unpaired) electrons. The molecular formula is C56H92N2O6S2. The molecule has 374 valence electrons. The highest BCUT2D eigenvalue weighted by Crippen LogP contribution is 2.40. The van der Waals surface area contributed by atoms with E-state index in [2.05, 4.69) is 13.8 Å². The standard InChI is InChI=1S/C56H92N2O6S2/c1-13-15-17-19-21-23-25-27-29-33-37-57(41-47-43(3)39-49(55(7,8)9)53(59)45(47)5)65(61,62)51-35-31-32-36-52(51)66(63,64)58(38-34-30-28-26-24-22-20-18-16-14-2)42-48-44(4)40-50(56(10,11)12)54(60)46(48)6/h31-32,35-36,39-40,59-60H,13-30,33-34,37-38,41-42H2,1-12H3. The van der Waals surface area contributed by atoms with E-state index in [4.69, 9.17) is 0 Å². The molecule has 0 unspecified atom stereocenters. The molecule has 0 aliphatic heterocycles. The Morgan fingerprint density at radius 2 is 0.727 bits per heavy atom. The number of hydrogen-bond acceptors (Lipinski definition) is 6. The molecule has 0 aliphatic rings. The molecule has 10 heteroatoms. The lowest BCUT2D eigenvalue weighted by Gasteiger charge is -2.29. The van der Waals surface area contributed by atoms with Crippen molar-refractivity contribution in [2.75, 3.05) is 13.1 Å². The van der Waals surface area contributed by atoms with Gasteiger partial charge in [0.25, 0.3) is 0 Å². The number of hydrogen-bond donors (Lipinski definition) is 2. The Labute approximate surface area is 404 Å². The van der Waals surface area contributed by atoms with Gasteiger partial charge in [-0.25, -0.2) is 16.8 Å². The molecule has 0 spiro atoms. The summed E-state index contributed by atoms with van der Waals surface area (Å²) in [7, 11) is -8.80. The van der Waals surface area contributed by atoms with Gasteiger partial charge in [0.05, 0.1) is 0 Å². The Morgan fingerprint density at radius 1 is 0.455 bits per heavy atom. The minimum atomic E-state index is -4.40. The molecule has 2 N–H and O–H groups in total. The summed E-state index contributed by atoms with van der Waals surface area (Å²) in [6, 6.07) is 10.0. The molecule has 0 fully saturated rings. The third-order valence-corrected chi connectivity index (χ3v) is 17.6. The summed E-state index contributed by atoms with van der Waals surface area (Å²) >= 11 is 0. The van der Waals surface area contributed by atoms with Gasteiger partial charge in [-0.15, -0.1) is 0 Å². The van der Waals surface area contributed by atoms with Gasteiger partial charge in [-0.3, -0.25) is 0 Å². The maximum Gasteiger partial charge on any atom is 0.244 e. The fourth-order valence-corrected chi connectivity index (χ4v) is 13.0. The average Bonchev–Trinajstić information content (AvgIpc) is 3.25. The van der Waals surface area contributed by atoms with Crippen LogP contribution < -0.4 is 0 Å². The van der Waals surface area contributed by atoms with E-state index in [0.717, 1.165) is 71.9 Å². The van der Waals surface area contributed by atoms with Crippen molar-refractivity contribution in [2.24, 2.45) is 0 Å². The first kappa shape index (κ1) is 57.4. The number of phenolic OH excluding ortho intramolecular Hbond substituents is 2. The normalized spacial score (nSPS) is 12.8. The first-order valence-corrected chi connectivity index (χ1v) is 28.6. The summed E-state index contributed by atoms with van der Waals surface area (Å²) in [5, 5.41) is 23.0. The highest BCUT2D eigenvalue weighted by atomic mass is 32.2. The molecular weight excluding hydrogens is 861 g/mol. The van der Waals surface area contributed by atoms with E-state index < -0.39 is 20.0 Å². The van der Waals surface area contributed by atoms with E-state index in [1.54, 1.807) is 12.1 Å². The maximum atomic E-state index is 15.3. The highest BCUT2D eigenvalue weighted by molar-refractivity contribution is 7.92. The van der Waals surface area contributed by atoms with Gasteiger partial charge in [-0.05, 0) is 108 Å².